The van der Waals surface area contributed by atoms with Crippen LogP contribution in [0.15, 0.2) is 16.6 Å². The van der Waals surface area contributed by atoms with Gasteiger partial charge in [0, 0.05) is 11.0 Å². The predicted octanol–water partition coefficient (Wildman–Crippen LogP) is 2.72. The molecule has 0 bridgehead atoms. The van der Waals surface area contributed by atoms with Gasteiger partial charge in [-0.2, -0.15) is 0 Å². The Hall–Kier alpha value is -1.10. The summed E-state index contributed by atoms with van der Waals surface area (Å²) in [6, 6.07) is 3.03. The normalized spacial score (nSPS) is 14.7. The van der Waals surface area contributed by atoms with Crippen molar-refractivity contribution < 1.29 is 13.9 Å². The summed E-state index contributed by atoms with van der Waals surface area (Å²) in [6.45, 7) is 2.45. The third-order valence-corrected chi connectivity index (χ3v) is 2.83. The fourth-order valence-corrected chi connectivity index (χ4v) is 2.12. The van der Waals surface area contributed by atoms with Crippen LogP contribution in [0.1, 0.15) is 13.3 Å². The van der Waals surface area contributed by atoms with Crippen LogP contribution in [0.3, 0.4) is 0 Å². The van der Waals surface area contributed by atoms with Crippen molar-refractivity contribution in [2.45, 2.75) is 13.3 Å². The molecule has 1 heterocycles. The van der Waals surface area contributed by atoms with Gasteiger partial charge in [0.25, 0.3) is 5.91 Å². The van der Waals surface area contributed by atoms with Crippen molar-refractivity contribution >= 4 is 27.5 Å². The number of carbonyl (C=O) groups excluding carboxylic acids is 1. The summed E-state index contributed by atoms with van der Waals surface area (Å²) in [5.41, 5.74) is 0.505. The Kier molecular flexibility index (Phi) is 3.14. The van der Waals surface area contributed by atoms with Crippen LogP contribution < -0.4 is 9.64 Å². The Bertz CT molecular complexity index is 436. The molecule has 0 radical (unpaired) electrons. The molecular weight excluding hydrogens is 277 g/mol. The topological polar surface area (TPSA) is 29.5 Å². The van der Waals surface area contributed by atoms with Crippen LogP contribution in [0.4, 0.5) is 10.1 Å². The third-order valence-electron chi connectivity index (χ3n) is 2.37. The molecule has 86 valence electrons. The van der Waals surface area contributed by atoms with Gasteiger partial charge in [0.05, 0.1) is 5.69 Å². The van der Waals surface area contributed by atoms with E-state index in [0.29, 0.717) is 16.7 Å². The average molecular weight is 288 g/mol. The highest BCUT2D eigenvalue weighted by Gasteiger charge is 2.27. The first-order valence-corrected chi connectivity index (χ1v) is 5.85. The Morgan fingerprint density at radius 1 is 1.56 bits per heavy atom. The van der Waals surface area contributed by atoms with Gasteiger partial charge in [0.2, 0.25) is 0 Å². The summed E-state index contributed by atoms with van der Waals surface area (Å²) < 4.78 is 19.3. The van der Waals surface area contributed by atoms with Crippen LogP contribution in [0.5, 0.6) is 5.75 Å². The van der Waals surface area contributed by atoms with Crippen molar-refractivity contribution in [1.82, 2.24) is 0 Å². The summed E-state index contributed by atoms with van der Waals surface area (Å²) >= 11 is 3.21. The highest BCUT2D eigenvalue weighted by atomic mass is 79.9. The highest BCUT2D eigenvalue weighted by Crippen LogP contribution is 2.37. The van der Waals surface area contributed by atoms with Gasteiger partial charge >= 0.3 is 0 Å². The molecule has 1 aromatic carbocycles. The molecule has 16 heavy (non-hydrogen) atoms. The molecule has 0 unspecified atom stereocenters. The minimum Gasteiger partial charge on any atom is -0.478 e. The Morgan fingerprint density at radius 2 is 2.31 bits per heavy atom. The van der Waals surface area contributed by atoms with Crippen LogP contribution in [-0.4, -0.2) is 19.1 Å². The zero-order chi connectivity index (χ0) is 11.7. The zero-order valence-electron chi connectivity index (χ0n) is 8.80. The summed E-state index contributed by atoms with van der Waals surface area (Å²) in [7, 11) is 0. The third kappa shape index (κ3) is 1.91. The zero-order valence-corrected chi connectivity index (χ0v) is 10.4. The number of anilines is 1. The maximum absolute atomic E-state index is 13.6. The summed E-state index contributed by atoms with van der Waals surface area (Å²) in [6.07, 6.45) is 0.819. The Balaban J connectivity index is 2.49. The lowest BCUT2D eigenvalue weighted by Crippen LogP contribution is -2.39. The fourth-order valence-electron chi connectivity index (χ4n) is 1.71. The molecule has 5 heteroatoms. The standard InChI is InChI=1S/C11H11BrFNO2/c1-2-3-14-9-5-7(12)4-8(13)11(9)16-6-10(14)15/h4-5H,2-3,6H2,1H3. The van der Waals surface area contributed by atoms with Crippen LogP contribution in [0.2, 0.25) is 0 Å². The summed E-state index contributed by atoms with van der Waals surface area (Å²) in [4.78, 5) is 13.2. The lowest BCUT2D eigenvalue weighted by Gasteiger charge is -2.29. The molecule has 0 atom stereocenters. The number of hydrogen-bond donors (Lipinski definition) is 0. The van der Waals surface area contributed by atoms with E-state index in [1.54, 1.807) is 11.0 Å². The van der Waals surface area contributed by atoms with Gasteiger partial charge in [0.1, 0.15) is 0 Å². The van der Waals surface area contributed by atoms with E-state index in [9.17, 15) is 9.18 Å². The average Bonchev–Trinajstić information content (AvgIpc) is 2.22. The number of hydrogen-bond acceptors (Lipinski definition) is 2. The number of benzene rings is 1. The molecule has 3 nitrogen and oxygen atoms in total. The maximum Gasteiger partial charge on any atom is 0.265 e. The second-order valence-electron chi connectivity index (χ2n) is 3.57. The van der Waals surface area contributed by atoms with Crippen molar-refractivity contribution in [2.75, 3.05) is 18.1 Å². The second-order valence-corrected chi connectivity index (χ2v) is 4.49. The largest absolute Gasteiger partial charge is 0.478 e. The van der Waals surface area contributed by atoms with Gasteiger partial charge in [-0.3, -0.25) is 4.79 Å². The first-order chi connectivity index (χ1) is 7.63. The SMILES string of the molecule is CCCN1C(=O)COc2c(F)cc(Br)cc21. The lowest BCUT2D eigenvalue weighted by molar-refractivity contribution is -0.121. The molecule has 0 aromatic heterocycles. The van der Waals surface area contributed by atoms with Crippen molar-refractivity contribution in [3.63, 3.8) is 0 Å². The molecule has 1 amide bonds. The van der Waals surface area contributed by atoms with E-state index in [2.05, 4.69) is 15.9 Å². The molecule has 0 spiro atoms. The summed E-state index contributed by atoms with van der Waals surface area (Å²) in [5, 5.41) is 0. The van der Waals surface area contributed by atoms with E-state index in [1.807, 2.05) is 6.92 Å². The number of carbonyl (C=O) groups is 1. The molecule has 1 aromatic rings. The van der Waals surface area contributed by atoms with Gasteiger partial charge in [-0.1, -0.05) is 22.9 Å². The number of halogens is 2. The van der Waals surface area contributed by atoms with Crippen molar-refractivity contribution in [2.24, 2.45) is 0 Å². The molecular formula is C11H11BrFNO2. The fraction of sp³-hybridized carbons (Fsp3) is 0.364. The second kappa shape index (κ2) is 4.41. The molecule has 0 saturated carbocycles. The minimum absolute atomic E-state index is 0.0917. The van der Waals surface area contributed by atoms with E-state index in [-0.39, 0.29) is 18.3 Å². The molecule has 1 aliphatic rings. The number of amides is 1. The van der Waals surface area contributed by atoms with E-state index >= 15 is 0 Å². The van der Waals surface area contributed by atoms with Gasteiger partial charge in [0.15, 0.2) is 18.2 Å². The minimum atomic E-state index is -0.446. The van der Waals surface area contributed by atoms with Crippen molar-refractivity contribution in [1.29, 1.82) is 0 Å². The quantitative estimate of drug-likeness (QED) is 0.837. The first-order valence-electron chi connectivity index (χ1n) is 5.05. The molecule has 0 fully saturated rings. The van der Waals surface area contributed by atoms with E-state index in [0.717, 1.165) is 6.42 Å². The number of nitrogens with zero attached hydrogens (tertiary/aromatic N) is 1. The monoisotopic (exact) mass is 287 g/mol. The highest BCUT2D eigenvalue weighted by molar-refractivity contribution is 9.10. The van der Waals surface area contributed by atoms with E-state index in [1.165, 1.54) is 6.07 Å². The Labute approximate surface area is 101 Å². The maximum atomic E-state index is 13.6. The van der Waals surface area contributed by atoms with Gasteiger partial charge < -0.3 is 9.64 Å². The smallest absolute Gasteiger partial charge is 0.265 e. The van der Waals surface area contributed by atoms with Crippen LogP contribution >= 0.6 is 15.9 Å². The lowest BCUT2D eigenvalue weighted by atomic mass is 10.2. The Morgan fingerprint density at radius 3 is 3.00 bits per heavy atom. The van der Waals surface area contributed by atoms with Crippen molar-refractivity contribution in [3.05, 3.63) is 22.4 Å². The van der Waals surface area contributed by atoms with Crippen LogP contribution in [-0.2, 0) is 4.79 Å². The summed E-state index contributed by atoms with van der Waals surface area (Å²) in [5.74, 6) is -0.416. The predicted molar refractivity (Wildman–Crippen MR) is 62.2 cm³/mol. The van der Waals surface area contributed by atoms with Crippen LogP contribution in [0, 0.1) is 5.82 Å². The molecule has 0 N–H and O–H groups in total. The van der Waals surface area contributed by atoms with E-state index < -0.39 is 5.82 Å². The van der Waals surface area contributed by atoms with Gasteiger partial charge in [-0.05, 0) is 18.6 Å². The molecule has 2 rings (SSSR count). The number of fused-ring (bicyclic) bond motifs is 1. The first kappa shape index (κ1) is 11.4. The number of ether oxygens (including phenoxy) is 1. The molecule has 0 saturated heterocycles. The van der Waals surface area contributed by atoms with Crippen LogP contribution in [0.25, 0.3) is 0 Å². The van der Waals surface area contributed by atoms with Gasteiger partial charge in [-0.25, -0.2) is 4.39 Å². The van der Waals surface area contributed by atoms with Crippen molar-refractivity contribution in [3.8, 4) is 5.75 Å². The van der Waals surface area contributed by atoms with E-state index in [4.69, 9.17) is 4.74 Å². The molecule has 1 aliphatic heterocycles. The number of rotatable bonds is 2. The van der Waals surface area contributed by atoms with Gasteiger partial charge in [-0.15, -0.1) is 0 Å². The molecule has 0 aliphatic carbocycles.